The molecule has 0 saturated carbocycles. The highest BCUT2D eigenvalue weighted by molar-refractivity contribution is 6.13. The first-order valence-electron chi connectivity index (χ1n) is 11.9. The van der Waals surface area contributed by atoms with Gasteiger partial charge in [0.15, 0.2) is 5.88 Å². The van der Waals surface area contributed by atoms with Crippen LogP contribution in [0.1, 0.15) is 41.3 Å². The third-order valence-electron chi connectivity index (χ3n) is 6.68. The quantitative estimate of drug-likeness (QED) is 0.366. The zero-order chi connectivity index (χ0) is 24.4. The minimum atomic E-state index is -0.419. The summed E-state index contributed by atoms with van der Waals surface area (Å²) < 4.78 is 4.78. The van der Waals surface area contributed by atoms with Crippen LogP contribution in [0.15, 0.2) is 82.9 Å². The second kappa shape index (κ2) is 9.76. The summed E-state index contributed by atoms with van der Waals surface area (Å²) in [6.07, 6.45) is 11.1. The number of ether oxygens (including phenoxy) is 1. The van der Waals surface area contributed by atoms with Crippen LogP contribution in [0.2, 0.25) is 0 Å². The molecule has 6 nitrogen and oxygen atoms in total. The van der Waals surface area contributed by atoms with Crippen molar-refractivity contribution in [3.63, 3.8) is 0 Å². The molecule has 0 radical (unpaired) electrons. The Morgan fingerprint density at radius 2 is 2.00 bits per heavy atom. The molecule has 0 atom stereocenters. The Morgan fingerprint density at radius 3 is 2.80 bits per heavy atom. The number of benzene rings is 2. The lowest BCUT2D eigenvalue weighted by molar-refractivity contribution is 0.0601. The minimum absolute atomic E-state index is 0.0288. The average Bonchev–Trinajstić information content (AvgIpc) is 3.07. The van der Waals surface area contributed by atoms with Gasteiger partial charge >= 0.3 is 5.97 Å². The Hall–Kier alpha value is -3.90. The van der Waals surface area contributed by atoms with Gasteiger partial charge in [-0.25, -0.2) is 4.79 Å². The molecule has 3 aromatic rings. The summed E-state index contributed by atoms with van der Waals surface area (Å²) >= 11 is 0. The molecule has 1 aliphatic carbocycles. The van der Waals surface area contributed by atoms with E-state index in [1.54, 1.807) is 18.2 Å². The number of carbonyl (C=O) groups excluding carboxylic acids is 1. The Labute approximate surface area is 204 Å². The van der Waals surface area contributed by atoms with E-state index in [0.717, 1.165) is 43.5 Å². The van der Waals surface area contributed by atoms with Crippen molar-refractivity contribution in [1.29, 1.82) is 0 Å². The minimum Gasteiger partial charge on any atom is -0.494 e. The van der Waals surface area contributed by atoms with Crippen LogP contribution in [0, 0.1) is 0 Å². The molecule has 178 valence electrons. The Bertz CT molecular complexity index is 1390. The molecular formula is C29H29N3O3. The van der Waals surface area contributed by atoms with Gasteiger partial charge in [-0.2, -0.15) is 0 Å². The Kier molecular flexibility index (Phi) is 6.38. The van der Waals surface area contributed by atoms with Crippen LogP contribution in [0.25, 0.3) is 10.9 Å². The Balaban J connectivity index is 1.31. The molecule has 0 spiro atoms. The molecule has 5 rings (SSSR count). The van der Waals surface area contributed by atoms with Crippen molar-refractivity contribution < 1.29 is 14.6 Å². The number of nitrogens with one attached hydrogen (secondary N) is 1. The van der Waals surface area contributed by atoms with Crippen LogP contribution in [0.3, 0.4) is 0 Å². The molecule has 2 aliphatic rings. The fourth-order valence-electron chi connectivity index (χ4n) is 4.81. The van der Waals surface area contributed by atoms with Gasteiger partial charge in [0.05, 0.1) is 29.6 Å². The van der Waals surface area contributed by atoms with E-state index < -0.39 is 5.97 Å². The van der Waals surface area contributed by atoms with E-state index in [1.807, 2.05) is 19.1 Å². The zero-order valence-corrected chi connectivity index (χ0v) is 20.0. The van der Waals surface area contributed by atoms with Gasteiger partial charge < -0.3 is 14.8 Å². The fourth-order valence-corrected chi connectivity index (χ4v) is 4.81. The van der Waals surface area contributed by atoms with Crippen LogP contribution in [0.5, 0.6) is 5.88 Å². The third kappa shape index (κ3) is 4.84. The number of methoxy groups -OCH3 is 1. The lowest BCUT2D eigenvalue weighted by Gasteiger charge is -2.19. The van der Waals surface area contributed by atoms with Crippen LogP contribution in [0.4, 0.5) is 5.69 Å². The van der Waals surface area contributed by atoms with Gasteiger partial charge in [-0.3, -0.25) is 9.89 Å². The average molecular weight is 468 g/mol. The number of allylic oxidation sites excluding steroid dienone is 4. The second-order valence-electron chi connectivity index (χ2n) is 9.00. The first-order valence-corrected chi connectivity index (χ1v) is 11.9. The topological polar surface area (TPSA) is 77.9 Å². The fraction of sp³-hybridized carbons (Fsp3) is 0.241. The van der Waals surface area contributed by atoms with Gasteiger partial charge in [-0.15, -0.1) is 0 Å². The molecule has 0 unspecified atom stereocenters. The number of H-pyrrole nitrogens is 1. The molecule has 0 amide bonds. The van der Waals surface area contributed by atoms with Gasteiger partial charge in [-0.1, -0.05) is 42.5 Å². The number of aliphatic imine (C=N–C) groups is 1. The zero-order valence-electron chi connectivity index (χ0n) is 20.0. The van der Waals surface area contributed by atoms with Crippen LogP contribution in [-0.2, 0) is 11.3 Å². The van der Waals surface area contributed by atoms with Crippen molar-refractivity contribution in [2.45, 2.75) is 26.3 Å². The summed E-state index contributed by atoms with van der Waals surface area (Å²) in [7, 11) is 1.35. The molecule has 0 saturated heterocycles. The number of fused-ring (bicyclic) bond motifs is 2. The van der Waals surface area contributed by atoms with Crippen molar-refractivity contribution in [2.24, 2.45) is 4.99 Å². The molecule has 2 N–H and O–H groups in total. The van der Waals surface area contributed by atoms with Gasteiger partial charge in [-0.05, 0) is 60.7 Å². The van der Waals surface area contributed by atoms with E-state index in [0.29, 0.717) is 22.4 Å². The SMILES string of the molecule is COC(=O)c1ccc2c(C(C)=Nc3ccc(CN4CC=C5CC=CC=C5CC4)cc3)c(O)[nH]c2c1. The predicted molar refractivity (Wildman–Crippen MR) is 139 cm³/mol. The number of hydrogen-bond donors (Lipinski definition) is 2. The smallest absolute Gasteiger partial charge is 0.337 e. The van der Waals surface area contributed by atoms with Crippen molar-refractivity contribution in [3.8, 4) is 5.88 Å². The van der Waals surface area contributed by atoms with Crippen LogP contribution in [-0.4, -0.2) is 46.9 Å². The number of aromatic hydroxyl groups is 1. The summed E-state index contributed by atoms with van der Waals surface area (Å²) in [4.78, 5) is 22.0. The summed E-state index contributed by atoms with van der Waals surface area (Å²) in [5.41, 5.74) is 7.41. The highest BCUT2D eigenvalue weighted by Crippen LogP contribution is 2.30. The third-order valence-corrected chi connectivity index (χ3v) is 6.68. The monoisotopic (exact) mass is 467 g/mol. The van der Waals surface area contributed by atoms with Gasteiger partial charge in [0, 0.05) is 30.5 Å². The number of carbonyl (C=O) groups is 1. The lowest BCUT2D eigenvalue weighted by atomic mass is 9.96. The van der Waals surface area contributed by atoms with E-state index in [9.17, 15) is 9.90 Å². The normalized spacial score (nSPS) is 16.5. The van der Waals surface area contributed by atoms with Crippen LogP contribution >= 0.6 is 0 Å². The Morgan fingerprint density at radius 1 is 1.17 bits per heavy atom. The number of hydrogen-bond acceptors (Lipinski definition) is 5. The molecule has 1 aliphatic heterocycles. The summed E-state index contributed by atoms with van der Waals surface area (Å²) in [6, 6.07) is 13.4. The van der Waals surface area contributed by atoms with Gasteiger partial charge in [0.2, 0.25) is 0 Å². The molecule has 6 heteroatoms. The lowest BCUT2D eigenvalue weighted by Crippen LogP contribution is -2.23. The maximum absolute atomic E-state index is 11.8. The summed E-state index contributed by atoms with van der Waals surface area (Å²) in [5.74, 6) is -0.390. The molecule has 0 fully saturated rings. The molecule has 35 heavy (non-hydrogen) atoms. The van der Waals surface area contributed by atoms with Crippen molar-refractivity contribution >= 4 is 28.3 Å². The second-order valence-corrected chi connectivity index (χ2v) is 9.00. The van der Waals surface area contributed by atoms with Crippen molar-refractivity contribution in [1.82, 2.24) is 9.88 Å². The summed E-state index contributed by atoms with van der Waals surface area (Å²) in [5, 5.41) is 11.3. The number of rotatable bonds is 5. The number of aromatic nitrogens is 1. The van der Waals surface area contributed by atoms with E-state index in [-0.39, 0.29) is 5.88 Å². The molecule has 1 aromatic heterocycles. The maximum Gasteiger partial charge on any atom is 0.337 e. The standard InChI is InChI=1S/C29H29N3O3/c1-19(27-25-12-9-23(29(34)35-2)17-26(25)31-28(27)33)30-24-10-7-20(8-11-24)18-32-15-13-21-5-3-4-6-22(21)14-16-32/h3-5,7-12,14,17,31,33H,6,13,15-16,18H2,1-2H3. The van der Waals surface area contributed by atoms with Gasteiger partial charge in [0.25, 0.3) is 0 Å². The van der Waals surface area contributed by atoms with Crippen LogP contribution < -0.4 is 0 Å². The predicted octanol–water partition coefficient (Wildman–Crippen LogP) is 5.82. The number of aromatic amines is 1. The molecule has 0 bridgehead atoms. The van der Waals surface area contributed by atoms with Crippen molar-refractivity contribution in [3.05, 3.63) is 94.6 Å². The first-order chi connectivity index (χ1) is 17.0. The molecule has 2 aromatic carbocycles. The number of nitrogens with zero attached hydrogens (tertiary/aromatic N) is 2. The highest BCUT2D eigenvalue weighted by atomic mass is 16.5. The van der Waals surface area contributed by atoms with Gasteiger partial charge in [0.1, 0.15) is 0 Å². The molecule has 2 heterocycles. The first kappa shape index (κ1) is 22.9. The highest BCUT2D eigenvalue weighted by Gasteiger charge is 2.17. The molecular weight excluding hydrogens is 438 g/mol. The van der Waals surface area contributed by atoms with Crippen molar-refractivity contribution in [2.75, 3.05) is 20.2 Å². The maximum atomic E-state index is 11.8. The van der Waals surface area contributed by atoms with E-state index in [1.165, 1.54) is 23.8 Å². The van der Waals surface area contributed by atoms with E-state index >= 15 is 0 Å². The number of esters is 1. The summed E-state index contributed by atoms with van der Waals surface area (Å²) in [6.45, 7) is 4.80. The van der Waals surface area contributed by atoms with E-state index in [4.69, 9.17) is 9.73 Å². The van der Waals surface area contributed by atoms with E-state index in [2.05, 4.69) is 46.3 Å². The largest absolute Gasteiger partial charge is 0.494 e.